The minimum atomic E-state index is -3.62. The molecule has 2 aromatic heterocycles. The average Bonchev–Trinajstić information content (AvgIpc) is 3.98. The third-order valence-electron chi connectivity index (χ3n) is 13.2. The van der Waals surface area contributed by atoms with Crippen molar-refractivity contribution < 1.29 is 42.2 Å². The Bertz CT molecular complexity index is 2970. The van der Waals surface area contributed by atoms with Crippen LogP contribution in [0.25, 0.3) is 10.4 Å². The number of sulfone groups is 1. The summed E-state index contributed by atoms with van der Waals surface area (Å²) in [6.45, 7) is 16.7. The molecular formula is C54H68ClN9O9S2. The number of anilines is 4. The van der Waals surface area contributed by atoms with E-state index in [0.717, 1.165) is 32.8 Å². The second-order valence-corrected chi connectivity index (χ2v) is 24.4. The van der Waals surface area contributed by atoms with E-state index in [1.807, 2.05) is 64.1 Å². The quantitative estimate of drug-likeness (QED) is 0.0530. The van der Waals surface area contributed by atoms with Gasteiger partial charge in [-0.1, -0.05) is 68.8 Å². The van der Waals surface area contributed by atoms with Gasteiger partial charge >= 0.3 is 0 Å². The van der Waals surface area contributed by atoms with Crippen LogP contribution in [-0.4, -0.2) is 124 Å². The number of piperidine rings is 1. The number of aromatic nitrogens is 3. The first-order chi connectivity index (χ1) is 35.5. The first-order valence-corrected chi connectivity index (χ1v) is 27.9. The van der Waals surface area contributed by atoms with Crippen LogP contribution in [0.3, 0.4) is 0 Å². The fraction of sp³-hybridized carbons (Fsp3) is 0.463. The molecule has 5 N–H and O–H groups in total. The second-order valence-electron chi connectivity index (χ2n) is 20.7. The maximum absolute atomic E-state index is 14.1. The van der Waals surface area contributed by atoms with Crippen molar-refractivity contribution >= 4 is 79.5 Å². The third kappa shape index (κ3) is 14.0. The molecule has 2 aliphatic heterocycles. The lowest BCUT2D eigenvalue weighted by atomic mass is 9.85. The molecule has 5 aromatic rings. The maximum atomic E-state index is 14.1. The van der Waals surface area contributed by atoms with Crippen LogP contribution < -0.4 is 26.0 Å². The number of halogens is 1. The molecule has 4 amide bonds. The topological polar surface area (TPSA) is 234 Å². The molecule has 1 unspecified atom stereocenters. The van der Waals surface area contributed by atoms with Gasteiger partial charge in [0, 0.05) is 32.6 Å². The van der Waals surface area contributed by atoms with Gasteiger partial charge in [-0.25, -0.2) is 18.4 Å². The molecule has 7 rings (SSSR count). The molecule has 3 aromatic carbocycles. The van der Waals surface area contributed by atoms with Gasteiger partial charge in [0.2, 0.25) is 29.6 Å². The summed E-state index contributed by atoms with van der Waals surface area (Å²) in [7, 11) is -3.62. The highest BCUT2D eigenvalue weighted by Gasteiger charge is 2.44. The third-order valence-corrected chi connectivity index (χ3v) is 16.7. The van der Waals surface area contributed by atoms with E-state index < -0.39 is 63.0 Å². The highest BCUT2D eigenvalue weighted by atomic mass is 35.5. The van der Waals surface area contributed by atoms with Gasteiger partial charge in [-0.3, -0.25) is 19.2 Å². The summed E-state index contributed by atoms with van der Waals surface area (Å²) in [6.07, 6.45) is 1.74. The molecule has 3 atom stereocenters. The number of aryl methyl sites for hydroxylation is 2. The smallest absolute Gasteiger partial charge is 0.248 e. The number of β-amino-alcohol motifs (C(OH)–C–C–N with tert-alkyl or cyclic N) is 1. The highest BCUT2D eigenvalue weighted by Crippen LogP contribution is 2.39. The van der Waals surface area contributed by atoms with E-state index in [1.165, 1.54) is 11.1 Å². The normalized spacial score (nSPS) is 16.8. The molecule has 0 spiro atoms. The number of likely N-dealkylation sites (tertiary alicyclic amines) is 2. The van der Waals surface area contributed by atoms with Crippen LogP contribution in [0.4, 0.5) is 23.1 Å². The van der Waals surface area contributed by atoms with E-state index >= 15 is 0 Å². The lowest BCUT2D eigenvalue weighted by Gasteiger charge is -2.35. The average molecular weight is 1090 g/mol. The Labute approximate surface area is 448 Å². The van der Waals surface area contributed by atoms with Gasteiger partial charge in [-0.2, -0.15) is 4.98 Å². The second kappa shape index (κ2) is 24.2. The van der Waals surface area contributed by atoms with Gasteiger partial charge in [0.1, 0.15) is 36.1 Å². The SMILES string of the molecule is Cc1cc(Nc2ncc(Cl)c(Nc3ccccc3S(=O)(=O)C(C)C)n2)c(OC(C)C)cc1C1CCN(C(=O)COCC(=O)NC(C(=O)N2C[C@H](O)C[C@H]2C(=O)NCc2ccc(-c3scnc3C)cc2)C(C)(C)C)CC1. The van der Waals surface area contributed by atoms with Crippen LogP contribution in [0.15, 0.2) is 77.3 Å². The summed E-state index contributed by atoms with van der Waals surface area (Å²) in [5.41, 5.74) is 6.88. The molecule has 75 heavy (non-hydrogen) atoms. The zero-order valence-corrected chi connectivity index (χ0v) is 46.3. The standard InChI is InChI=1S/C54H68ClN9O9S2/c1-31(2)73-44-24-39(33(5)22-42(44)60-53-57-26-40(55)50(62-53)59-41-12-10-11-13-45(41)75(70,71)32(3)4)36-18-20-63(21-19-36)47(67)29-72-28-46(66)61-49(54(7,8)9)52(69)64-27-38(65)23-43(64)51(68)56-25-35-14-16-37(17-15-35)48-34(6)58-30-74-48/h10-17,22,24,26,30-32,36,38,43,49,65H,18-21,23,25,27-29H2,1-9H3,(H,56,68)(H,61,66)(H2,57,59,60,62)/t38-,43+,49?/m1/s1. The van der Waals surface area contributed by atoms with Gasteiger partial charge < -0.3 is 45.6 Å². The van der Waals surface area contributed by atoms with Crippen LogP contribution in [0.1, 0.15) is 96.0 Å². The van der Waals surface area contributed by atoms with Crippen LogP contribution in [0, 0.1) is 19.3 Å². The minimum absolute atomic E-state index is 0.0572. The van der Waals surface area contributed by atoms with E-state index in [2.05, 4.69) is 36.2 Å². The van der Waals surface area contributed by atoms with E-state index in [4.69, 9.17) is 21.1 Å². The van der Waals surface area contributed by atoms with Gasteiger partial charge in [-0.15, -0.1) is 11.3 Å². The molecule has 0 aliphatic carbocycles. The van der Waals surface area contributed by atoms with Crippen molar-refractivity contribution in [3.8, 4) is 16.2 Å². The fourth-order valence-corrected chi connectivity index (χ4v) is 11.3. The first-order valence-electron chi connectivity index (χ1n) is 25.1. The predicted octanol–water partition coefficient (Wildman–Crippen LogP) is 7.86. The summed E-state index contributed by atoms with van der Waals surface area (Å²) < 4.78 is 38.2. The molecule has 0 radical (unpaired) electrons. The van der Waals surface area contributed by atoms with Crippen molar-refractivity contribution in [3.63, 3.8) is 0 Å². The molecular weight excluding hydrogens is 1020 g/mol. The summed E-state index contributed by atoms with van der Waals surface area (Å²) in [5.74, 6) is -0.664. The molecule has 0 bridgehead atoms. The van der Waals surface area contributed by atoms with Crippen molar-refractivity contribution in [2.45, 2.75) is 128 Å². The Morgan fingerprint density at radius 1 is 0.933 bits per heavy atom. The van der Waals surface area contributed by atoms with Crippen molar-refractivity contribution in [3.05, 3.63) is 99.8 Å². The van der Waals surface area contributed by atoms with Crippen molar-refractivity contribution in [1.29, 1.82) is 0 Å². The number of para-hydroxylation sites is 1. The molecule has 402 valence electrons. The molecule has 18 nitrogen and oxygen atoms in total. The first kappa shape index (κ1) is 56.5. The van der Waals surface area contributed by atoms with E-state index in [1.54, 1.807) is 80.6 Å². The van der Waals surface area contributed by atoms with Crippen LogP contribution >= 0.6 is 22.9 Å². The summed E-state index contributed by atoms with van der Waals surface area (Å²) in [5, 5.41) is 22.3. The number of thiazole rings is 1. The Kier molecular flexibility index (Phi) is 18.3. The monoisotopic (exact) mass is 1090 g/mol. The largest absolute Gasteiger partial charge is 0.489 e. The number of hydrogen-bond acceptors (Lipinski definition) is 15. The van der Waals surface area contributed by atoms with E-state index in [9.17, 15) is 32.7 Å². The number of aliphatic hydroxyl groups excluding tert-OH is 1. The van der Waals surface area contributed by atoms with Crippen LogP contribution in [-0.2, 0) is 40.3 Å². The Morgan fingerprint density at radius 2 is 1.64 bits per heavy atom. The Morgan fingerprint density at radius 3 is 2.29 bits per heavy atom. The molecule has 2 aliphatic rings. The van der Waals surface area contributed by atoms with Gasteiger partial charge in [-0.05, 0) is 112 Å². The number of nitrogens with zero attached hydrogens (tertiary/aromatic N) is 5. The molecule has 2 fully saturated rings. The lowest BCUT2D eigenvalue weighted by Crippen LogP contribution is -2.58. The Balaban J connectivity index is 0.911. The van der Waals surface area contributed by atoms with Gasteiger partial charge in [0.05, 0.1) is 56.0 Å². The minimum Gasteiger partial charge on any atom is -0.489 e. The number of nitrogens with one attached hydrogen (secondary N) is 4. The Hall–Kier alpha value is -6.19. The number of carbonyl (C=O) groups is 4. The van der Waals surface area contributed by atoms with Gasteiger partial charge in [0.15, 0.2) is 15.7 Å². The number of hydrogen-bond donors (Lipinski definition) is 5. The molecule has 21 heteroatoms. The van der Waals surface area contributed by atoms with E-state index in [0.29, 0.717) is 43.1 Å². The lowest BCUT2D eigenvalue weighted by molar-refractivity contribution is -0.145. The molecule has 2 saturated heterocycles. The van der Waals surface area contributed by atoms with Gasteiger partial charge in [0.25, 0.3) is 0 Å². The highest BCUT2D eigenvalue weighted by molar-refractivity contribution is 7.92. The van der Waals surface area contributed by atoms with E-state index in [-0.39, 0.29) is 65.7 Å². The summed E-state index contributed by atoms with van der Waals surface area (Å²) in [6, 6.07) is 16.4. The number of carbonyl (C=O) groups excluding carboxylic acids is 4. The number of amides is 4. The maximum Gasteiger partial charge on any atom is 0.248 e. The predicted molar refractivity (Wildman–Crippen MR) is 290 cm³/mol. The molecule has 4 heterocycles. The van der Waals surface area contributed by atoms with Crippen molar-refractivity contribution in [1.82, 2.24) is 35.4 Å². The number of benzene rings is 3. The van der Waals surface area contributed by atoms with Crippen LogP contribution in [0.5, 0.6) is 5.75 Å². The van der Waals surface area contributed by atoms with Crippen molar-refractivity contribution in [2.75, 3.05) is 43.5 Å². The molecule has 0 saturated carbocycles. The number of rotatable bonds is 19. The number of ether oxygens (including phenoxy) is 2. The van der Waals surface area contributed by atoms with Crippen LogP contribution in [0.2, 0.25) is 5.02 Å². The zero-order valence-electron chi connectivity index (χ0n) is 43.9. The fourth-order valence-electron chi connectivity index (χ4n) is 9.17. The zero-order chi connectivity index (χ0) is 54.4. The summed E-state index contributed by atoms with van der Waals surface area (Å²) >= 11 is 8.08. The van der Waals surface area contributed by atoms with Crippen molar-refractivity contribution in [2.24, 2.45) is 5.41 Å². The summed E-state index contributed by atoms with van der Waals surface area (Å²) in [4.78, 5) is 72.0. The number of aliphatic hydroxyl groups is 1.